The molecule has 2 aromatic carbocycles. The van der Waals surface area contributed by atoms with Gasteiger partial charge in [-0.1, -0.05) is 54.6 Å². The van der Waals surface area contributed by atoms with Crippen LogP contribution < -0.4 is 10.2 Å². The van der Waals surface area contributed by atoms with E-state index in [4.69, 9.17) is 23.2 Å². The summed E-state index contributed by atoms with van der Waals surface area (Å²) in [6, 6.07) is 13.2. The molecule has 1 aliphatic carbocycles. The second kappa shape index (κ2) is 10.8. The zero-order valence-electron chi connectivity index (χ0n) is 19.0. The van der Waals surface area contributed by atoms with Crippen molar-refractivity contribution >= 4 is 40.7 Å². The van der Waals surface area contributed by atoms with Gasteiger partial charge in [-0.2, -0.15) is 0 Å². The van der Waals surface area contributed by atoms with Gasteiger partial charge in [0, 0.05) is 42.9 Å². The first-order valence-electron chi connectivity index (χ1n) is 11.8. The number of rotatable bonds is 5. The number of carbonyl (C=O) groups excluding carboxylic acids is 2. The SMILES string of the molecule is CN(C(=O)c1ccccc1N1CCC(NC(=O)c2ccc(Cl)cc2Cl)CC1)C1CCCCC1. The zero-order valence-corrected chi connectivity index (χ0v) is 20.5. The lowest BCUT2D eigenvalue weighted by Gasteiger charge is -2.36. The predicted molar refractivity (Wildman–Crippen MR) is 135 cm³/mol. The summed E-state index contributed by atoms with van der Waals surface area (Å²) in [6.45, 7) is 1.55. The Bertz CT molecular complexity index is 999. The van der Waals surface area contributed by atoms with Crippen LogP contribution in [-0.2, 0) is 0 Å². The fraction of sp³-hybridized carbons (Fsp3) is 0.462. The molecular formula is C26H31Cl2N3O2. The van der Waals surface area contributed by atoms with E-state index in [2.05, 4.69) is 10.2 Å². The van der Waals surface area contributed by atoms with E-state index in [-0.39, 0.29) is 17.9 Å². The van der Waals surface area contributed by atoms with Crippen molar-refractivity contribution in [3.05, 3.63) is 63.6 Å². The molecule has 33 heavy (non-hydrogen) atoms. The first kappa shape index (κ1) is 23.9. The zero-order chi connectivity index (χ0) is 23.4. The molecule has 176 valence electrons. The van der Waals surface area contributed by atoms with Gasteiger partial charge in [0.1, 0.15) is 0 Å². The lowest BCUT2D eigenvalue weighted by atomic mass is 9.94. The number of hydrogen-bond acceptors (Lipinski definition) is 3. The maximum atomic E-state index is 13.4. The molecule has 2 fully saturated rings. The Labute approximate surface area is 206 Å². The standard InChI is InChI=1S/C26H31Cl2N3O2/c1-30(20-7-3-2-4-8-20)26(33)22-9-5-6-10-24(22)31-15-13-19(14-16-31)29-25(32)21-12-11-18(27)17-23(21)28/h5-6,9-12,17,19-20H,2-4,7-8,13-16H2,1H3,(H,29,32). The van der Waals surface area contributed by atoms with Crippen molar-refractivity contribution in [3.63, 3.8) is 0 Å². The van der Waals surface area contributed by atoms with Crippen LogP contribution in [0.25, 0.3) is 0 Å². The predicted octanol–water partition coefficient (Wildman–Crippen LogP) is 5.80. The molecule has 7 heteroatoms. The van der Waals surface area contributed by atoms with E-state index in [0.29, 0.717) is 21.7 Å². The number of carbonyl (C=O) groups is 2. The number of para-hydroxylation sites is 1. The molecule has 2 amide bonds. The summed E-state index contributed by atoms with van der Waals surface area (Å²) in [5, 5.41) is 3.96. The van der Waals surface area contributed by atoms with Gasteiger partial charge in [0.15, 0.2) is 0 Å². The minimum Gasteiger partial charge on any atom is -0.371 e. The minimum atomic E-state index is -0.181. The molecule has 0 unspecified atom stereocenters. The Kier molecular flexibility index (Phi) is 7.82. The summed E-state index contributed by atoms with van der Waals surface area (Å²) < 4.78 is 0. The monoisotopic (exact) mass is 487 g/mol. The third-order valence-corrected chi connectivity index (χ3v) is 7.47. The Morgan fingerprint density at radius 1 is 0.939 bits per heavy atom. The van der Waals surface area contributed by atoms with Crippen LogP contribution in [0.15, 0.2) is 42.5 Å². The van der Waals surface area contributed by atoms with Crippen molar-refractivity contribution in [2.45, 2.75) is 57.0 Å². The van der Waals surface area contributed by atoms with E-state index >= 15 is 0 Å². The van der Waals surface area contributed by atoms with Crippen molar-refractivity contribution in [2.24, 2.45) is 0 Å². The fourth-order valence-electron chi connectivity index (χ4n) is 4.96. The third-order valence-electron chi connectivity index (χ3n) is 6.92. The summed E-state index contributed by atoms with van der Waals surface area (Å²) in [5.41, 5.74) is 2.18. The number of anilines is 1. The van der Waals surface area contributed by atoms with E-state index in [9.17, 15) is 9.59 Å². The van der Waals surface area contributed by atoms with Crippen LogP contribution in [0.2, 0.25) is 10.0 Å². The van der Waals surface area contributed by atoms with Crippen LogP contribution in [-0.4, -0.2) is 48.9 Å². The number of nitrogens with one attached hydrogen (secondary N) is 1. The van der Waals surface area contributed by atoms with E-state index in [1.54, 1.807) is 18.2 Å². The van der Waals surface area contributed by atoms with E-state index in [0.717, 1.165) is 50.0 Å². The van der Waals surface area contributed by atoms with Gasteiger partial charge in [-0.15, -0.1) is 0 Å². The number of piperidine rings is 1. The average molecular weight is 488 g/mol. The first-order valence-corrected chi connectivity index (χ1v) is 12.6. The molecule has 0 aromatic heterocycles. The number of nitrogens with zero attached hydrogens (tertiary/aromatic N) is 2. The van der Waals surface area contributed by atoms with Crippen molar-refractivity contribution < 1.29 is 9.59 Å². The molecule has 4 rings (SSSR count). The van der Waals surface area contributed by atoms with Gasteiger partial charge in [-0.05, 0) is 56.0 Å². The quantitative estimate of drug-likeness (QED) is 0.579. The normalized spacial score (nSPS) is 17.6. The van der Waals surface area contributed by atoms with Gasteiger partial charge < -0.3 is 15.1 Å². The van der Waals surface area contributed by atoms with Crippen LogP contribution >= 0.6 is 23.2 Å². The summed E-state index contributed by atoms with van der Waals surface area (Å²) in [6.07, 6.45) is 7.45. The molecule has 5 nitrogen and oxygen atoms in total. The van der Waals surface area contributed by atoms with E-state index in [1.807, 2.05) is 36.2 Å². The summed E-state index contributed by atoms with van der Waals surface area (Å²) >= 11 is 12.1. The maximum Gasteiger partial charge on any atom is 0.255 e. The minimum absolute atomic E-state index is 0.0632. The molecule has 0 radical (unpaired) electrons. The molecule has 2 aliphatic rings. The van der Waals surface area contributed by atoms with Gasteiger partial charge in [0.05, 0.1) is 16.1 Å². The van der Waals surface area contributed by atoms with Gasteiger partial charge in [0.2, 0.25) is 0 Å². The Morgan fingerprint density at radius 2 is 1.64 bits per heavy atom. The van der Waals surface area contributed by atoms with Crippen LogP contribution in [0.3, 0.4) is 0 Å². The van der Waals surface area contributed by atoms with Crippen LogP contribution in [0.1, 0.15) is 65.7 Å². The number of hydrogen-bond donors (Lipinski definition) is 1. The highest BCUT2D eigenvalue weighted by Crippen LogP contribution is 2.29. The summed E-state index contributed by atoms with van der Waals surface area (Å²) in [5.74, 6) is -0.0786. The van der Waals surface area contributed by atoms with Crippen LogP contribution in [0, 0.1) is 0 Å². The molecule has 0 atom stereocenters. The number of benzene rings is 2. The molecule has 1 saturated carbocycles. The highest BCUT2D eigenvalue weighted by molar-refractivity contribution is 6.36. The van der Waals surface area contributed by atoms with Crippen LogP contribution in [0.4, 0.5) is 5.69 Å². The second-order valence-corrected chi connectivity index (χ2v) is 9.93. The highest BCUT2D eigenvalue weighted by atomic mass is 35.5. The lowest BCUT2D eigenvalue weighted by molar-refractivity contribution is 0.0696. The molecule has 1 heterocycles. The molecule has 0 bridgehead atoms. The number of halogens is 2. The highest BCUT2D eigenvalue weighted by Gasteiger charge is 2.28. The van der Waals surface area contributed by atoms with Crippen molar-refractivity contribution in [2.75, 3.05) is 25.0 Å². The van der Waals surface area contributed by atoms with E-state index < -0.39 is 0 Å². The molecule has 1 saturated heterocycles. The van der Waals surface area contributed by atoms with Gasteiger partial charge in [-0.3, -0.25) is 9.59 Å². The van der Waals surface area contributed by atoms with Gasteiger partial charge in [-0.25, -0.2) is 0 Å². The summed E-state index contributed by atoms with van der Waals surface area (Å²) in [7, 11) is 1.94. The Morgan fingerprint density at radius 3 is 2.33 bits per heavy atom. The van der Waals surface area contributed by atoms with E-state index in [1.165, 1.54) is 19.3 Å². The molecule has 0 spiro atoms. The smallest absolute Gasteiger partial charge is 0.255 e. The topological polar surface area (TPSA) is 52.7 Å². The molecule has 1 aliphatic heterocycles. The summed E-state index contributed by atoms with van der Waals surface area (Å²) in [4.78, 5) is 30.2. The number of amides is 2. The Balaban J connectivity index is 1.39. The molecular weight excluding hydrogens is 457 g/mol. The second-order valence-electron chi connectivity index (χ2n) is 9.08. The fourth-order valence-corrected chi connectivity index (χ4v) is 5.45. The average Bonchev–Trinajstić information content (AvgIpc) is 2.84. The maximum absolute atomic E-state index is 13.4. The van der Waals surface area contributed by atoms with Gasteiger partial charge >= 0.3 is 0 Å². The van der Waals surface area contributed by atoms with Gasteiger partial charge in [0.25, 0.3) is 11.8 Å². The Hall–Kier alpha value is -2.24. The van der Waals surface area contributed by atoms with Crippen LogP contribution in [0.5, 0.6) is 0 Å². The lowest BCUT2D eigenvalue weighted by Crippen LogP contribution is -2.45. The van der Waals surface area contributed by atoms with Crippen molar-refractivity contribution in [3.8, 4) is 0 Å². The third kappa shape index (κ3) is 5.64. The largest absolute Gasteiger partial charge is 0.371 e. The van der Waals surface area contributed by atoms with Crippen molar-refractivity contribution in [1.29, 1.82) is 0 Å². The molecule has 1 N–H and O–H groups in total. The molecule has 2 aromatic rings. The van der Waals surface area contributed by atoms with Crippen molar-refractivity contribution in [1.82, 2.24) is 10.2 Å². The first-order chi connectivity index (χ1) is 15.9.